The summed E-state index contributed by atoms with van der Waals surface area (Å²) in [5, 5.41) is 2.89. The summed E-state index contributed by atoms with van der Waals surface area (Å²) in [6, 6.07) is 5.06. The number of methoxy groups -OCH3 is 1. The molecule has 0 saturated carbocycles. The van der Waals surface area contributed by atoms with E-state index < -0.39 is 0 Å². The van der Waals surface area contributed by atoms with Crippen LogP contribution in [0.5, 0.6) is 5.75 Å². The second kappa shape index (κ2) is 9.29. The first-order chi connectivity index (χ1) is 13.2. The van der Waals surface area contributed by atoms with Gasteiger partial charge in [-0.15, -0.1) is 0 Å². The van der Waals surface area contributed by atoms with E-state index in [1.807, 2.05) is 12.1 Å². The summed E-state index contributed by atoms with van der Waals surface area (Å²) in [6.07, 6.45) is 3.84. The lowest BCUT2D eigenvalue weighted by Gasteiger charge is -2.18. The Balaban J connectivity index is 1.91. The summed E-state index contributed by atoms with van der Waals surface area (Å²) in [4.78, 5) is 29.5. The minimum atomic E-state index is -0.295. The molecule has 1 aliphatic heterocycles. The number of pyridine rings is 2. The van der Waals surface area contributed by atoms with Gasteiger partial charge in [0.05, 0.1) is 19.8 Å². The molecule has 0 aliphatic carbocycles. The number of fused-ring (bicyclic) bond motifs is 1. The van der Waals surface area contributed by atoms with Crippen molar-refractivity contribution in [3.8, 4) is 5.75 Å². The highest BCUT2D eigenvalue weighted by Gasteiger charge is 2.24. The molecule has 1 amide bonds. The Kier molecular flexibility index (Phi) is 6.56. The molecule has 0 atom stereocenters. The van der Waals surface area contributed by atoms with Crippen LogP contribution >= 0.6 is 0 Å². The molecule has 0 bridgehead atoms. The molecule has 0 saturated heterocycles. The van der Waals surface area contributed by atoms with Crippen molar-refractivity contribution >= 4 is 5.91 Å². The number of hydrogen-bond donors (Lipinski definition) is 1. The van der Waals surface area contributed by atoms with Gasteiger partial charge in [0, 0.05) is 50.8 Å². The Labute approximate surface area is 157 Å². The number of rotatable bonds is 7. The van der Waals surface area contributed by atoms with Crippen molar-refractivity contribution in [1.82, 2.24) is 14.9 Å². The Morgan fingerprint density at radius 1 is 1.37 bits per heavy atom. The predicted molar refractivity (Wildman–Crippen MR) is 98.0 cm³/mol. The van der Waals surface area contributed by atoms with Gasteiger partial charge in [-0.25, -0.2) is 0 Å². The van der Waals surface area contributed by atoms with Gasteiger partial charge in [-0.05, 0) is 11.6 Å². The van der Waals surface area contributed by atoms with Gasteiger partial charge in [0.1, 0.15) is 17.9 Å². The molecule has 144 valence electrons. The largest absolute Gasteiger partial charge is 0.490 e. The summed E-state index contributed by atoms with van der Waals surface area (Å²) in [5.74, 6) is -0.0224. The first kappa shape index (κ1) is 19.1. The molecule has 8 heteroatoms. The molecule has 3 rings (SSSR count). The number of nitrogens with zero attached hydrogens (tertiary/aromatic N) is 2. The fourth-order valence-corrected chi connectivity index (χ4v) is 2.97. The zero-order valence-electron chi connectivity index (χ0n) is 15.3. The molecule has 2 aromatic heterocycles. The molecule has 0 unspecified atom stereocenters. The highest BCUT2D eigenvalue weighted by Crippen LogP contribution is 2.23. The van der Waals surface area contributed by atoms with E-state index >= 15 is 0 Å². The van der Waals surface area contributed by atoms with Crippen molar-refractivity contribution in [3.63, 3.8) is 0 Å². The molecule has 2 aromatic rings. The zero-order chi connectivity index (χ0) is 19.1. The Hall–Kier alpha value is -2.71. The van der Waals surface area contributed by atoms with E-state index in [2.05, 4.69) is 10.3 Å². The van der Waals surface area contributed by atoms with Crippen LogP contribution in [0.15, 0.2) is 35.4 Å². The van der Waals surface area contributed by atoms with Crippen LogP contribution in [0, 0.1) is 0 Å². The third-order valence-electron chi connectivity index (χ3n) is 4.27. The van der Waals surface area contributed by atoms with Gasteiger partial charge in [0.25, 0.3) is 11.5 Å². The van der Waals surface area contributed by atoms with Crippen LogP contribution in [0.4, 0.5) is 0 Å². The fraction of sp³-hybridized carbons (Fsp3) is 0.421. The Morgan fingerprint density at radius 3 is 3.04 bits per heavy atom. The van der Waals surface area contributed by atoms with Gasteiger partial charge in [-0.3, -0.25) is 14.6 Å². The molecule has 0 spiro atoms. The van der Waals surface area contributed by atoms with E-state index in [0.29, 0.717) is 50.6 Å². The van der Waals surface area contributed by atoms with Gasteiger partial charge in [-0.1, -0.05) is 6.07 Å². The SMILES string of the molecule is COCCOc1cc(=O)n2c(c1C(=O)NCc1cccnc1)CCOCC2. The van der Waals surface area contributed by atoms with E-state index in [1.165, 1.54) is 6.07 Å². The summed E-state index contributed by atoms with van der Waals surface area (Å²) in [7, 11) is 1.56. The number of amides is 1. The van der Waals surface area contributed by atoms with E-state index in [-0.39, 0.29) is 23.8 Å². The second-order valence-corrected chi connectivity index (χ2v) is 6.07. The summed E-state index contributed by atoms with van der Waals surface area (Å²) in [6.45, 7) is 2.24. The van der Waals surface area contributed by atoms with E-state index in [0.717, 1.165) is 5.56 Å². The monoisotopic (exact) mass is 373 g/mol. The van der Waals surface area contributed by atoms with Crippen LogP contribution in [0.1, 0.15) is 21.6 Å². The molecule has 27 heavy (non-hydrogen) atoms. The average Bonchev–Trinajstić information content (AvgIpc) is 2.94. The highest BCUT2D eigenvalue weighted by atomic mass is 16.5. The third kappa shape index (κ3) is 4.72. The second-order valence-electron chi connectivity index (χ2n) is 6.07. The van der Waals surface area contributed by atoms with Gasteiger partial charge in [0.15, 0.2) is 0 Å². The quantitative estimate of drug-likeness (QED) is 0.721. The molecule has 0 radical (unpaired) electrons. The maximum absolute atomic E-state index is 13.0. The van der Waals surface area contributed by atoms with Crippen molar-refractivity contribution in [1.29, 1.82) is 0 Å². The predicted octanol–water partition coefficient (Wildman–Crippen LogP) is 0.771. The smallest absolute Gasteiger partial charge is 0.257 e. The number of hydrogen-bond acceptors (Lipinski definition) is 6. The van der Waals surface area contributed by atoms with Crippen molar-refractivity contribution < 1.29 is 19.0 Å². The molecule has 0 fully saturated rings. The lowest BCUT2D eigenvalue weighted by molar-refractivity contribution is 0.0940. The Bertz CT molecular complexity index is 835. The van der Waals surface area contributed by atoms with Crippen molar-refractivity contribution in [2.75, 3.05) is 33.5 Å². The van der Waals surface area contributed by atoms with Crippen molar-refractivity contribution in [2.45, 2.75) is 19.5 Å². The van der Waals surface area contributed by atoms with Gasteiger partial charge >= 0.3 is 0 Å². The number of carbonyl (C=O) groups is 1. The fourth-order valence-electron chi connectivity index (χ4n) is 2.97. The van der Waals surface area contributed by atoms with Crippen molar-refractivity contribution in [3.05, 3.63) is 57.8 Å². The highest BCUT2D eigenvalue weighted by molar-refractivity contribution is 5.98. The molecule has 1 aliphatic rings. The number of carbonyl (C=O) groups excluding carboxylic acids is 1. The first-order valence-corrected chi connectivity index (χ1v) is 8.84. The molecule has 0 aromatic carbocycles. The number of nitrogens with one attached hydrogen (secondary N) is 1. The Morgan fingerprint density at radius 2 is 2.26 bits per heavy atom. The summed E-state index contributed by atoms with van der Waals surface area (Å²) >= 11 is 0. The first-order valence-electron chi connectivity index (χ1n) is 8.84. The lowest BCUT2D eigenvalue weighted by Crippen LogP contribution is -2.31. The van der Waals surface area contributed by atoms with Crippen LogP contribution in [-0.4, -0.2) is 49.0 Å². The van der Waals surface area contributed by atoms with E-state index in [9.17, 15) is 9.59 Å². The molecular formula is C19H23N3O5. The minimum absolute atomic E-state index is 0.202. The van der Waals surface area contributed by atoms with Gasteiger partial charge in [-0.2, -0.15) is 0 Å². The van der Waals surface area contributed by atoms with Crippen LogP contribution in [0.25, 0.3) is 0 Å². The lowest BCUT2D eigenvalue weighted by atomic mass is 10.1. The molecular weight excluding hydrogens is 350 g/mol. The standard InChI is InChI=1S/C19H23N3O5/c1-25-9-10-27-16-11-17(23)22-6-8-26-7-4-15(22)18(16)19(24)21-13-14-3-2-5-20-12-14/h2-3,5,11-12H,4,6-10,13H2,1H3,(H,21,24). The number of aromatic nitrogens is 2. The van der Waals surface area contributed by atoms with Crippen LogP contribution < -0.4 is 15.6 Å². The van der Waals surface area contributed by atoms with Crippen molar-refractivity contribution in [2.24, 2.45) is 0 Å². The molecule has 8 nitrogen and oxygen atoms in total. The normalized spacial score (nSPS) is 13.5. The minimum Gasteiger partial charge on any atom is -0.490 e. The third-order valence-corrected chi connectivity index (χ3v) is 4.27. The van der Waals surface area contributed by atoms with Crippen LogP contribution in [0.3, 0.4) is 0 Å². The summed E-state index contributed by atoms with van der Waals surface area (Å²) < 4.78 is 17.7. The maximum atomic E-state index is 13.0. The van der Waals surface area contributed by atoms with E-state index in [1.54, 1.807) is 24.1 Å². The topological polar surface area (TPSA) is 91.7 Å². The zero-order valence-corrected chi connectivity index (χ0v) is 15.3. The molecule has 1 N–H and O–H groups in total. The molecule has 3 heterocycles. The average molecular weight is 373 g/mol. The number of ether oxygens (including phenoxy) is 3. The van der Waals surface area contributed by atoms with Crippen LogP contribution in [0.2, 0.25) is 0 Å². The summed E-state index contributed by atoms with van der Waals surface area (Å²) in [5.41, 5.74) is 1.69. The van der Waals surface area contributed by atoms with Gasteiger partial charge in [0.2, 0.25) is 0 Å². The van der Waals surface area contributed by atoms with Gasteiger partial charge < -0.3 is 24.1 Å². The van der Waals surface area contributed by atoms with Crippen LogP contribution in [-0.2, 0) is 29.0 Å². The maximum Gasteiger partial charge on any atom is 0.257 e. The van der Waals surface area contributed by atoms with E-state index in [4.69, 9.17) is 14.2 Å².